The standard InChI is InChI=1S/C18H19FN2O2/c1-21(2)18(23)14-7-10-15(11-8-14)20-17(22)12-9-13-5-3-4-6-16(13)19/h3-8,10-11H,9,12H2,1-2H3,(H,20,22). The first-order chi connectivity index (χ1) is 11.0. The number of halogens is 1. The lowest BCUT2D eigenvalue weighted by molar-refractivity contribution is -0.116. The molecule has 0 bridgehead atoms. The molecule has 0 fully saturated rings. The lowest BCUT2D eigenvalue weighted by Crippen LogP contribution is -2.21. The Morgan fingerprint density at radius 1 is 1.04 bits per heavy atom. The summed E-state index contributed by atoms with van der Waals surface area (Å²) in [5.74, 6) is -0.589. The van der Waals surface area contributed by atoms with E-state index in [1.807, 2.05) is 0 Å². The summed E-state index contributed by atoms with van der Waals surface area (Å²) in [6, 6.07) is 13.1. The molecule has 1 N–H and O–H groups in total. The zero-order chi connectivity index (χ0) is 16.8. The SMILES string of the molecule is CN(C)C(=O)c1ccc(NC(=O)CCc2ccccc2F)cc1. The second-order valence-corrected chi connectivity index (χ2v) is 5.42. The summed E-state index contributed by atoms with van der Waals surface area (Å²) < 4.78 is 13.5. The van der Waals surface area contributed by atoms with E-state index in [0.717, 1.165) is 0 Å². The van der Waals surface area contributed by atoms with Crippen molar-refractivity contribution in [2.24, 2.45) is 0 Å². The monoisotopic (exact) mass is 314 g/mol. The highest BCUT2D eigenvalue weighted by atomic mass is 19.1. The van der Waals surface area contributed by atoms with E-state index in [-0.39, 0.29) is 24.1 Å². The van der Waals surface area contributed by atoms with Crippen LogP contribution in [0.5, 0.6) is 0 Å². The zero-order valence-corrected chi connectivity index (χ0v) is 13.2. The van der Waals surface area contributed by atoms with E-state index in [9.17, 15) is 14.0 Å². The summed E-state index contributed by atoms with van der Waals surface area (Å²) in [4.78, 5) is 25.2. The maximum atomic E-state index is 13.5. The predicted molar refractivity (Wildman–Crippen MR) is 87.8 cm³/mol. The number of hydrogen-bond donors (Lipinski definition) is 1. The summed E-state index contributed by atoms with van der Waals surface area (Å²) in [5, 5.41) is 2.74. The number of benzene rings is 2. The molecule has 0 heterocycles. The van der Waals surface area contributed by atoms with Crippen LogP contribution in [0.2, 0.25) is 0 Å². The van der Waals surface area contributed by atoms with E-state index >= 15 is 0 Å². The van der Waals surface area contributed by atoms with Crippen LogP contribution in [0.1, 0.15) is 22.3 Å². The van der Waals surface area contributed by atoms with Crippen LogP contribution in [0.3, 0.4) is 0 Å². The molecule has 2 amide bonds. The number of hydrogen-bond acceptors (Lipinski definition) is 2. The largest absolute Gasteiger partial charge is 0.345 e. The Labute approximate surface area is 134 Å². The fraction of sp³-hybridized carbons (Fsp3) is 0.222. The van der Waals surface area contributed by atoms with Crippen molar-refractivity contribution in [1.29, 1.82) is 0 Å². The van der Waals surface area contributed by atoms with Gasteiger partial charge in [-0.2, -0.15) is 0 Å². The van der Waals surface area contributed by atoms with Gasteiger partial charge in [0, 0.05) is 31.8 Å². The first-order valence-electron chi connectivity index (χ1n) is 7.32. The van der Waals surface area contributed by atoms with E-state index in [1.54, 1.807) is 56.6 Å². The van der Waals surface area contributed by atoms with Gasteiger partial charge in [-0.3, -0.25) is 9.59 Å². The van der Waals surface area contributed by atoms with Crippen molar-refractivity contribution in [3.8, 4) is 0 Å². The van der Waals surface area contributed by atoms with Crippen molar-refractivity contribution >= 4 is 17.5 Å². The topological polar surface area (TPSA) is 49.4 Å². The van der Waals surface area contributed by atoms with Gasteiger partial charge in [0.05, 0.1) is 0 Å². The fourth-order valence-electron chi connectivity index (χ4n) is 2.13. The van der Waals surface area contributed by atoms with Crippen LogP contribution < -0.4 is 5.32 Å². The van der Waals surface area contributed by atoms with Crippen LogP contribution >= 0.6 is 0 Å². The van der Waals surface area contributed by atoms with Crippen molar-refractivity contribution in [2.75, 3.05) is 19.4 Å². The molecule has 5 heteroatoms. The Kier molecular flexibility index (Phi) is 5.46. The number of nitrogens with zero attached hydrogens (tertiary/aromatic N) is 1. The minimum atomic E-state index is -0.299. The lowest BCUT2D eigenvalue weighted by atomic mass is 10.1. The summed E-state index contributed by atoms with van der Waals surface area (Å²) >= 11 is 0. The third kappa shape index (κ3) is 4.64. The predicted octanol–water partition coefficient (Wildman–Crippen LogP) is 3.10. The third-order valence-corrected chi connectivity index (χ3v) is 3.40. The number of rotatable bonds is 5. The average Bonchev–Trinajstić information content (AvgIpc) is 2.54. The molecule has 0 radical (unpaired) electrons. The van der Waals surface area contributed by atoms with Gasteiger partial charge in [0.1, 0.15) is 5.82 Å². The fourth-order valence-corrected chi connectivity index (χ4v) is 2.13. The number of nitrogens with one attached hydrogen (secondary N) is 1. The van der Waals surface area contributed by atoms with Crippen LogP contribution in [0.15, 0.2) is 48.5 Å². The highest BCUT2D eigenvalue weighted by Crippen LogP contribution is 2.13. The number of anilines is 1. The normalized spacial score (nSPS) is 10.2. The van der Waals surface area contributed by atoms with Gasteiger partial charge in [-0.15, -0.1) is 0 Å². The number of aryl methyl sites for hydroxylation is 1. The highest BCUT2D eigenvalue weighted by Gasteiger charge is 2.09. The van der Waals surface area contributed by atoms with Gasteiger partial charge in [-0.1, -0.05) is 18.2 Å². The van der Waals surface area contributed by atoms with Gasteiger partial charge in [0.25, 0.3) is 5.91 Å². The first kappa shape index (κ1) is 16.7. The maximum absolute atomic E-state index is 13.5. The molecule has 0 aromatic heterocycles. The Balaban J connectivity index is 1.90. The molecule has 120 valence electrons. The van der Waals surface area contributed by atoms with E-state index in [2.05, 4.69) is 5.32 Å². The molecule has 0 unspecified atom stereocenters. The van der Waals surface area contributed by atoms with E-state index in [0.29, 0.717) is 23.2 Å². The molecule has 2 aromatic carbocycles. The van der Waals surface area contributed by atoms with Crippen LogP contribution in [-0.2, 0) is 11.2 Å². The molecule has 0 saturated heterocycles. The molecule has 2 aromatic rings. The second kappa shape index (κ2) is 7.54. The Morgan fingerprint density at radius 3 is 2.30 bits per heavy atom. The first-order valence-corrected chi connectivity index (χ1v) is 7.32. The van der Waals surface area contributed by atoms with Crippen LogP contribution in [-0.4, -0.2) is 30.8 Å². The van der Waals surface area contributed by atoms with E-state index in [4.69, 9.17) is 0 Å². The van der Waals surface area contributed by atoms with Crippen LogP contribution in [0, 0.1) is 5.82 Å². The van der Waals surface area contributed by atoms with Crippen LogP contribution in [0.4, 0.5) is 10.1 Å². The Hall–Kier alpha value is -2.69. The summed E-state index contributed by atoms with van der Waals surface area (Å²) in [6.45, 7) is 0. The minimum Gasteiger partial charge on any atom is -0.345 e. The van der Waals surface area contributed by atoms with Gasteiger partial charge < -0.3 is 10.2 Å². The van der Waals surface area contributed by atoms with Crippen molar-refractivity contribution < 1.29 is 14.0 Å². The zero-order valence-electron chi connectivity index (χ0n) is 13.2. The molecule has 0 spiro atoms. The van der Waals surface area contributed by atoms with Gasteiger partial charge in [-0.25, -0.2) is 4.39 Å². The molecular formula is C18H19FN2O2. The molecular weight excluding hydrogens is 295 g/mol. The maximum Gasteiger partial charge on any atom is 0.253 e. The summed E-state index contributed by atoms with van der Waals surface area (Å²) in [5.41, 5.74) is 1.69. The van der Waals surface area contributed by atoms with Crippen molar-refractivity contribution in [1.82, 2.24) is 4.90 Å². The molecule has 0 saturated carbocycles. The number of carbonyl (C=O) groups is 2. The van der Waals surface area contributed by atoms with E-state index in [1.165, 1.54) is 11.0 Å². The summed E-state index contributed by atoms with van der Waals surface area (Å²) in [7, 11) is 3.36. The van der Waals surface area contributed by atoms with Crippen molar-refractivity contribution in [3.05, 3.63) is 65.5 Å². The molecule has 23 heavy (non-hydrogen) atoms. The van der Waals surface area contributed by atoms with Gasteiger partial charge in [0.2, 0.25) is 5.91 Å². The second-order valence-electron chi connectivity index (χ2n) is 5.42. The molecule has 0 aliphatic heterocycles. The molecule has 0 atom stereocenters. The number of carbonyl (C=O) groups excluding carboxylic acids is 2. The number of amides is 2. The van der Waals surface area contributed by atoms with Crippen LogP contribution in [0.25, 0.3) is 0 Å². The molecule has 0 aliphatic carbocycles. The average molecular weight is 314 g/mol. The van der Waals surface area contributed by atoms with Gasteiger partial charge >= 0.3 is 0 Å². The van der Waals surface area contributed by atoms with Gasteiger partial charge in [-0.05, 0) is 42.3 Å². The van der Waals surface area contributed by atoms with E-state index < -0.39 is 0 Å². The Bertz CT molecular complexity index is 696. The molecule has 2 rings (SSSR count). The summed E-state index contributed by atoms with van der Waals surface area (Å²) in [6.07, 6.45) is 0.537. The highest BCUT2D eigenvalue weighted by molar-refractivity contribution is 5.95. The quantitative estimate of drug-likeness (QED) is 0.922. The smallest absolute Gasteiger partial charge is 0.253 e. The molecule has 0 aliphatic rings. The molecule has 4 nitrogen and oxygen atoms in total. The lowest BCUT2D eigenvalue weighted by Gasteiger charge is -2.11. The van der Waals surface area contributed by atoms with Crippen molar-refractivity contribution in [2.45, 2.75) is 12.8 Å². The minimum absolute atomic E-state index is 0.0950. The third-order valence-electron chi connectivity index (χ3n) is 3.40. The van der Waals surface area contributed by atoms with Gasteiger partial charge in [0.15, 0.2) is 0 Å². The van der Waals surface area contributed by atoms with Crippen molar-refractivity contribution in [3.63, 3.8) is 0 Å². The Morgan fingerprint density at radius 2 is 1.70 bits per heavy atom.